The van der Waals surface area contributed by atoms with Crippen molar-refractivity contribution in [2.24, 2.45) is 7.05 Å². The molecule has 0 N–H and O–H groups in total. The molecule has 4 aromatic rings. The van der Waals surface area contributed by atoms with Crippen LogP contribution in [0.3, 0.4) is 0 Å². The number of nitrogens with zero attached hydrogens (tertiary/aromatic N) is 4. The maximum absolute atomic E-state index is 13.0. The van der Waals surface area contributed by atoms with Crippen LogP contribution in [0, 0.1) is 6.92 Å². The fourth-order valence-electron chi connectivity index (χ4n) is 4.04. The van der Waals surface area contributed by atoms with Crippen molar-refractivity contribution in [1.82, 2.24) is 19.7 Å². The molecule has 142 valence electrons. The van der Waals surface area contributed by atoms with Gasteiger partial charge >= 0.3 is 0 Å². The number of carbonyl (C=O) groups excluding carboxylic acids is 1. The lowest BCUT2D eigenvalue weighted by Crippen LogP contribution is -2.35. The van der Waals surface area contributed by atoms with E-state index in [-0.39, 0.29) is 5.91 Å². The summed E-state index contributed by atoms with van der Waals surface area (Å²) in [6, 6.07) is 8.56. The second kappa shape index (κ2) is 6.71. The maximum Gasteiger partial charge on any atom is 0.264 e. The molecule has 1 aliphatic rings. The van der Waals surface area contributed by atoms with E-state index in [4.69, 9.17) is 0 Å². The maximum atomic E-state index is 13.0. The molecule has 5 rings (SSSR count). The fraction of sp³-hybridized carbons (Fsp3) is 0.318. The van der Waals surface area contributed by atoms with Crippen LogP contribution in [-0.2, 0) is 7.05 Å². The SMILES string of the molecule is Cc1c(C(=O)N2CCCCC2)sc2cc(-c3cnc4nn(C)cc4c3)ccc12. The van der Waals surface area contributed by atoms with Crippen molar-refractivity contribution in [3.05, 3.63) is 47.1 Å². The number of aromatic nitrogens is 3. The number of rotatable bonds is 2. The summed E-state index contributed by atoms with van der Waals surface area (Å²) in [5.41, 5.74) is 4.04. The Morgan fingerprint density at radius 1 is 1.11 bits per heavy atom. The lowest BCUT2D eigenvalue weighted by molar-refractivity contribution is 0.0728. The molecule has 6 heteroatoms. The summed E-state index contributed by atoms with van der Waals surface area (Å²) in [7, 11) is 1.91. The predicted molar refractivity (Wildman–Crippen MR) is 114 cm³/mol. The van der Waals surface area contributed by atoms with E-state index in [0.29, 0.717) is 0 Å². The number of benzene rings is 1. The Labute approximate surface area is 167 Å². The van der Waals surface area contributed by atoms with Crippen molar-refractivity contribution in [2.75, 3.05) is 13.1 Å². The molecule has 3 aromatic heterocycles. The number of piperidine rings is 1. The van der Waals surface area contributed by atoms with E-state index >= 15 is 0 Å². The number of carbonyl (C=O) groups is 1. The molecule has 0 saturated carbocycles. The summed E-state index contributed by atoms with van der Waals surface area (Å²) >= 11 is 1.61. The number of hydrogen-bond donors (Lipinski definition) is 0. The van der Waals surface area contributed by atoms with Crippen LogP contribution in [0.2, 0.25) is 0 Å². The van der Waals surface area contributed by atoms with E-state index in [0.717, 1.165) is 63.2 Å². The van der Waals surface area contributed by atoms with Crippen LogP contribution < -0.4 is 0 Å². The van der Waals surface area contributed by atoms with Gasteiger partial charge in [0.2, 0.25) is 0 Å². The van der Waals surface area contributed by atoms with Crippen LogP contribution in [0.4, 0.5) is 0 Å². The number of thiophene rings is 1. The van der Waals surface area contributed by atoms with Gasteiger partial charge < -0.3 is 4.90 Å². The first-order valence-electron chi connectivity index (χ1n) is 9.72. The highest BCUT2D eigenvalue weighted by Gasteiger charge is 2.23. The second-order valence-electron chi connectivity index (χ2n) is 7.56. The van der Waals surface area contributed by atoms with E-state index in [1.807, 2.05) is 24.3 Å². The minimum Gasteiger partial charge on any atom is -0.338 e. The number of amides is 1. The minimum absolute atomic E-state index is 0.193. The van der Waals surface area contributed by atoms with Crippen LogP contribution in [0.15, 0.2) is 36.7 Å². The summed E-state index contributed by atoms with van der Waals surface area (Å²) in [5.74, 6) is 0.193. The summed E-state index contributed by atoms with van der Waals surface area (Å²) in [6.45, 7) is 3.84. The van der Waals surface area contributed by atoms with E-state index in [9.17, 15) is 4.79 Å². The number of likely N-dealkylation sites (tertiary alicyclic amines) is 1. The van der Waals surface area contributed by atoms with Gasteiger partial charge in [-0.1, -0.05) is 12.1 Å². The molecule has 5 nitrogen and oxygen atoms in total. The molecule has 0 atom stereocenters. The Morgan fingerprint density at radius 2 is 1.93 bits per heavy atom. The lowest BCUT2D eigenvalue weighted by Gasteiger charge is -2.26. The van der Waals surface area contributed by atoms with Gasteiger partial charge in [0.25, 0.3) is 5.91 Å². The highest BCUT2D eigenvalue weighted by molar-refractivity contribution is 7.21. The Bertz CT molecular complexity index is 1200. The Morgan fingerprint density at radius 3 is 2.75 bits per heavy atom. The molecule has 1 aliphatic heterocycles. The first-order chi connectivity index (χ1) is 13.6. The van der Waals surface area contributed by atoms with Gasteiger partial charge in [-0.3, -0.25) is 9.48 Å². The van der Waals surface area contributed by atoms with E-state index in [2.05, 4.69) is 41.3 Å². The molecule has 1 fully saturated rings. The predicted octanol–water partition coefficient (Wildman–Crippen LogP) is 4.78. The van der Waals surface area contributed by atoms with Gasteiger partial charge in [0, 0.05) is 48.2 Å². The molecule has 1 saturated heterocycles. The third-order valence-electron chi connectivity index (χ3n) is 5.58. The van der Waals surface area contributed by atoms with Crippen molar-refractivity contribution in [1.29, 1.82) is 0 Å². The van der Waals surface area contributed by atoms with Gasteiger partial charge in [0.05, 0.1) is 4.88 Å². The lowest BCUT2D eigenvalue weighted by atomic mass is 10.0. The van der Waals surface area contributed by atoms with Gasteiger partial charge in [-0.2, -0.15) is 5.10 Å². The molecule has 1 aromatic carbocycles. The molecule has 0 aliphatic carbocycles. The third kappa shape index (κ3) is 2.88. The average Bonchev–Trinajstić information content (AvgIpc) is 3.26. The van der Waals surface area contributed by atoms with Crippen LogP contribution in [0.25, 0.3) is 32.2 Å². The molecule has 0 radical (unpaired) electrons. The molecule has 4 heterocycles. The minimum atomic E-state index is 0.193. The van der Waals surface area contributed by atoms with Gasteiger partial charge in [-0.15, -0.1) is 11.3 Å². The van der Waals surface area contributed by atoms with Crippen LogP contribution >= 0.6 is 11.3 Å². The average molecular weight is 391 g/mol. The second-order valence-corrected chi connectivity index (χ2v) is 8.61. The largest absolute Gasteiger partial charge is 0.338 e. The standard InChI is InChI=1S/C22H22N4OS/c1-14-18-7-6-15(16-10-17-13-25(2)24-21(17)23-12-16)11-19(18)28-20(14)22(27)26-8-4-3-5-9-26/h6-7,10-13H,3-5,8-9H2,1-2H3. The van der Waals surface area contributed by atoms with Crippen LogP contribution in [-0.4, -0.2) is 38.7 Å². The Balaban J connectivity index is 1.54. The zero-order chi connectivity index (χ0) is 19.3. The van der Waals surface area contributed by atoms with Crippen molar-refractivity contribution in [3.63, 3.8) is 0 Å². The van der Waals surface area contributed by atoms with Crippen molar-refractivity contribution in [3.8, 4) is 11.1 Å². The van der Waals surface area contributed by atoms with Crippen molar-refractivity contribution >= 4 is 38.4 Å². The van der Waals surface area contributed by atoms with Crippen molar-refractivity contribution in [2.45, 2.75) is 26.2 Å². The first kappa shape index (κ1) is 17.4. The summed E-state index contributed by atoms with van der Waals surface area (Å²) < 4.78 is 2.94. The van der Waals surface area contributed by atoms with Gasteiger partial charge in [0.15, 0.2) is 5.65 Å². The summed E-state index contributed by atoms with van der Waals surface area (Å²) in [4.78, 5) is 20.4. The molecular formula is C22H22N4OS. The van der Waals surface area contributed by atoms with E-state index in [1.165, 1.54) is 11.8 Å². The number of fused-ring (bicyclic) bond motifs is 2. The highest BCUT2D eigenvalue weighted by atomic mass is 32.1. The van der Waals surface area contributed by atoms with Gasteiger partial charge in [-0.05, 0) is 54.8 Å². The van der Waals surface area contributed by atoms with Crippen LogP contribution in [0.5, 0.6) is 0 Å². The molecule has 0 spiro atoms. The van der Waals surface area contributed by atoms with Gasteiger partial charge in [0.1, 0.15) is 0 Å². The molecule has 28 heavy (non-hydrogen) atoms. The molecule has 0 unspecified atom stereocenters. The topological polar surface area (TPSA) is 51.0 Å². The Hall–Kier alpha value is -2.73. The number of hydrogen-bond acceptors (Lipinski definition) is 4. The fourth-order valence-corrected chi connectivity index (χ4v) is 5.26. The van der Waals surface area contributed by atoms with Crippen LogP contribution in [0.1, 0.15) is 34.5 Å². The number of pyridine rings is 1. The number of aryl methyl sites for hydroxylation is 2. The smallest absolute Gasteiger partial charge is 0.264 e. The molecular weight excluding hydrogens is 368 g/mol. The molecule has 0 bridgehead atoms. The molecule has 1 amide bonds. The van der Waals surface area contributed by atoms with E-state index < -0.39 is 0 Å². The normalized spacial score (nSPS) is 14.9. The zero-order valence-corrected chi connectivity index (χ0v) is 16.9. The first-order valence-corrected chi connectivity index (χ1v) is 10.5. The van der Waals surface area contributed by atoms with Gasteiger partial charge in [-0.25, -0.2) is 4.98 Å². The Kier molecular flexibility index (Phi) is 4.16. The third-order valence-corrected chi connectivity index (χ3v) is 6.83. The van der Waals surface area contributed by atoms with Crippen molar-refractivity contribution < 1.29 is 4.79 Å². The monoisotopic (exact) mass is 390 g/mol. The zero-order valence-electron chi connectivity index (χ0n) is 16.1. The summed E-state index contributed by atoms with van der Waals surface area (Å²) in [6.07, 6.45) is 7.31. The quantitative estimate of drug-likeness (QED) is 0.495. The summed E-state index contributed by atoms with van der Waals surface area (Å²) in [5, 5.41) is 6.54. The van der Waals surface area contributed by atoms with E-state index in [1.54, 1.807) is 16.0 Å². The highest BCUT2D eigenvalue weighted by Crippen LogP contribution is 2.35.